The first kappa shape index (κ1) is 27.2. The third-order valence-corrected chi connectivity index (χ3v) is 6.48. The standard InChI is InChI=1S/C24H34FN9O4/c1-4-37-21-13-27-20(12-28-21)30-23(35)33(3)18-15-34(11-8-17(18)25)22-26-9-7-19(29-22)31-24(36)38-16-6-5-10-32(2)14-16/h7,9,12-13,16-18H,4-6,8,10-11,14-15H2,1-3H3,(H,27,30,35)(H,26,29,31,36). The maximum atomic E-state index is 14.9. The molecule has 2 aromatic heterocycles. The molecule has 4 rings (SSSR count). The van der Waals surface area contributed by atoms with Crippen LogP contribution in [-0.2, 0) is 4.74 Å². The number of halogens is 1. The fraction of sp³-hybridized carbons (Fsp3) is 0.583. The minimum atomic E-state index is -1.24. The number of urea groups is 1. The Hall–Kier alpha value is -3.81. The second-order valence-electron chi connectivity index (χ2n) is 9.33. The first-order valence-electron chi connectivity index (χ1n) is 12.7. The van der Waals surface area contributed by atoms with Crippen LogP contribution in [0.2, 0.25) is 0 Å². The lowest BCUT2D eigenvalue weighted by Gasteiger charge is -2.39. The molecule has 0 spiro atoms. The second kappa shape index (κ2) is 12.6. The maximum absolute atomic E-state index is 14.9. The predicted molar refractivity (Wildman–Crippen MR) is 138 cm³/mol. The van der Waals surface area contributed by atoms with Gasteiger partial charge in [-0.05, 0) is 45.8 Å². The molecule has 206 valence electrons. The van der Waals surface area contributed by atoms with Gasteiger partial charge >= 0.3 is 12.1 Å². The van der Waals surface area contributed by atoms with Crippen LogP contribution in [0.4, 0.5) is 31.6 Å². The summed E-state index contributed by atoms with van der Waals surface area (Å²) in [5, 5.41) is 5.28. The van der Waals surface area contributed by atoms with Gasteiger partial charge < -0.3 is 24.2 Å². The summed E-state index contributed by atoms with van der Waals surface area (Å²) in [4.78, 5) is 47.3. The third kappa shape index (κ3) is 7.15. The highest BCUT2D eigenvalue weighted by Crippen LogP contribution is 2.23. The quantitative estimate of drug-likeness (QED) is 0.548. The summed E-state index contributed by atoms with van der Waals surface area (Å²) in [6.45, 7) is 4.48. The van der Waals surface area contributed by atoms with Gasteiger partial charge in [0.15, 0.2) is 5.82 Å². The highest BCUT2D eigenvalue weighted by molar-refractivity contribution is 5.88. The fourth-order valence-corrected chi connectivity index (χ4v) is 4.47. The number of aromatic nitrogens is 4. The molecule has 3 atom stereocenters. The molecule has 0 saturated carbocycles. The van der Waals surface area contributed by atoms with E-state index in [1.807, 2.05) is 14.0 Å². The molecule has 2 aliphatic heterocycles. The minimum absolute atomic E-state index is 0.169. The van der Waals surface area contributed by atoms with Crippen LogP contribution in [0.15, 0.2) is 24.7 Å². The zero-order valence-electron chi connectivity index (χ0n) is 21.8. The number of piperidine rings is 2. The van der Waals surface area contributed by atoms with E-state index in [4.69, 9.17) is 9.47 Å². The molecule has 2 aromatic rings. The first-order chi connectivity index (χ1) is 18.3. The summed E-state index contributed by atoms with van der Waals surface area (Å²) < 4.78 is 25.7. The van der Waals surface area contributed by atoms with E-state index >= 15 is 0 Å². The van der Waals surface area contributed by atoms with Gasteiger partial charge in [-0.1, -0.05) is 0 Å². The molecule has 2 aliphatic rings. The molecule has 14 heteroatoms. The molecule has 0 aromatic carbocycles. The van der Waals surface area contributed by atoms with Crippen molar-refractivity contribution in [3.63, 3.8) is 0 Å². The van der Waals surface area contributed by atoms with Crippen LogP contribution in [-0.4, -0.2) is 107 Å². The molecule has 2 fully saturated rings. The van der Waals surface area contributed by atoms with Crippen LogP contribution in [0.3, 0.4) is 0 Å². The van der Waals surface area contributed by atoms with Gasteiger partial charge in [0.05, 0.1) is 25.0 Å². The number of hydrogen-bond donors (Lipinski definition) is 2. The van der Waals surface area contributed by atoms with Crippen LogP contribution >= 0.6 is 0 Å². The molecule has 3 amide bonds. The Morgan fingerprint density at radius 1 is 1.13 bits per heavy atom. The topological polar surface area (TPSA) is 138 Å². The monoisotopic (exact) mass is 531 g/mol. The Balaban J connectivity index is 1.35. The van der Waals surface area contributed by atoms with Crippen molar-refractivity contribution in [3.05, 3.63) is 24.7 Å². The van der Waals surface area contributed by atoms with Crippen molar-refractivity contribution in [1.82, 2.24) is 29.7 Å². The molecule has 2 N–H and O–H groups in total. The van der Waals surface area contributed by atoms with Crippen LogP contribution < -0.4 is 20.3 Å². The van der Waals surface area contributed by atoms with E-state index < -0.39 is 24.3 Å². The number of anilines is 3. The van der Waals surface area contributed by atoms with Gasteiger partial charge in [0.25, 0.3) is 0 Å². The summed E-state index contributed by atoms with van der Waals surface area (Å²) in [5.41, 5.74) is 0. The normalized spacial score (nSPS) is 21.9. The van der Waals surface area contributed by atoms with Crippen molar-refractivity contribution in [1.29, 1.82) is 0 Å². The highest BCUT2D eigenvalue weighted by Gasteiger charge is 2.35. The van der Waals surface area contributed by atoms with Crippen LogP contribution in [0.5, 0.6) is 5.88 Å². The number of nitrogens with zero attached hydrogens (tertiary/aromatic N) is 7. The molecule has 13 nitrogen and oxygen atoms in total. The number of rotatable bonds is 7. The Labute approximate surface area is 220 Å². The number of nitrogens with one attached hydrogen (secondary N) is 2. The number of hydrogen-bond acceptors (Lipinski definition) is 10. The maximum Gasteiger partial charge on any atom is 0.413 e. The lowest BCUT2D eigenvalue weighted by Crippen LogP contribution is -2.55. The van der Waals surface area contributed by atoms with Gasteiger partial charge in [-0.15, -0.1) is 0 Å². The molecular formula is C24H34FN9O4. The molecule has 3 unspecified atom stereocenters. The molecule has 0 bridgehead atoms. The Kier molecular flexibility index (Phi) is 9.05. The van der Waals surface area contributed by atoms with Crippen molar-refractivity contribution in [2.24, 2.45) is 0 Å². The number of likely N-dealkylation sites (N-methyl/N-ethyl adjacent to an activating group) is 2. The average Bonchev–Trinajstić information content (AvgIpc) is 2.90. The van der Waals surface area contributed by atoms with E-state index in [0.29, 0.717) is 31.5 Å². The zero-order chi connectivity index (χ0) is 27.1. The molecule has 4 heterocycles. The predicted octanol–water partition coefficient (Wildman–Crippen LogP) is 2.39. The molecular weight excluding hydrogens is 497 g/mol. The van der Waals surface area contributed by atoms with E-state index in [1.165, 1.54) is 30.5 Å². The average molecular weight is 532 g/mol. The number of alkyl halides is 1. The second-order valence-corrected chi connectivity index (χ2v) is 9.33. The van der Waals surface area contributed by atoms with Crippen LogP contribution in [0.25, 0.3) is 0 Å². The molecule has 0 radical (unpaired) electrons. The van der Waals surface area contributed by atoms with Crippen molar-refractivity contribution in [2.75, 3.05) is 62.4 Å². The van der Waals surface area contributed by atoms with Gasteiger partial charge in [-0.3, -0.25) is 10.6 Å². The number of likely N-dealkylation sites (tertiary alicyclic amines) is 1. The van der Waals surface area contributed by atoms with E-state index in [2.05, 4.69) is 35.5 Å². The van der Waals surface area contributed by atoms with E-state index in [0.717, 1.165) is 19.4 Å². The van der Waals surface area contributed by atoms with Crippen LogP contribution in [0, 0.1) is 0 Å². The van der Waals surface area contributed by atoms with Gasteiger partial charge in [0.2, 0.25) is 11.8 Å². The highest BCUT2D eigenvalue weighted by atomic mass is 19.1. The summed E-state index contributed by atoms with van der Waals surface area (Å²) in [7, 11) is 3.52. The first-order valence-corrected chi connectivity index (χ1v) is 12.7. The molecule has 2 saturated heterocycles. The number of carbonyl (C=O) groups is 2. The largest absolute Gasteiger partial charge is 0.477 e. The van der Waals surface area contributed by atoms with Gasteiger partial charge in [0, 0.05) is 32.9 Å². The molecule has 0 aliphatic carbocycles. The van der Waals surface area contributed by atoms with E-state index in [9.17, 15) is 14.0 Å². The van der Waals surface area contributed by atoms with E-state index in [-0.39, 0.29) is 30.7 Å². The zero-order valence-corrected chi connectivity index (χ0v) is 21.8. The third-order valence-electron chi connectivity index (χ3n) is 6.48. The summed E-state index contributed by atoms with van der Waals surface area (Å²) in [5.74, 6) is 1.17. The number of carbonyl (C=O) groups excluding carboxylic acids is 2. The fourth-order valence-electron chi connectivity index (χ4n) is 4.47. The van der Waals surface area contributed by atoms with Crippen molar-refractivity contribution in [3.8, 4) is 5.88 Å². The number of ether oxygens (including phenoxy) is 2. The number of amides is 3. The van der Waals surface area contributed by atoms with Gasteiger partial charge in [-0.2, -0.15) is 4.98 Å². The summed E-state index contributed by atoms with van der Waals surface area (Å²) in [6, 6.07) is 0.285. The lowest BCUT2D eigenvalue weighted by molar-refractivity contribution is 0.0593. The minimum Gasteiger partial charge on any atom is -0.477 e. The lowest BCUT2D eigenvalue weighted by atomic mass is 10.0. The van der Waals surface area contributed by atoms with Crippen LogP contribution in [0.1, 0.15) is 26.2 Å². The van der Waals surface area contributed by atoms with Gasteiger partial charge in [-0.25, -0.2) is 28.9 Å². The summed E-state index contributed by atoms with van der Waals surface area (Å²) in [6.07, 6.45) is 4.28. The van der Waals surface area contributed by atoms with E-state index in [1.54, 1.807) is 11.0 Å². The Morgan fingerprint density at radius 2 is 1.97 bits per heavy atom. The SMILES string of the molecule is CCOc1cnc(NC(=O)N(C)C2CN(c3nccc(NC(=O)OC4CCCN(C)C4)n3)CCC2F)cn1. The smallest absolute Gasteiger partial charge is 0.413 e. The Bertz CT molecular complexity index is 1090. The van der Waals surface area contributed by atoms with Crippen molar-refractivity contribution in [2.45, 2.75) is 44.5 Å². The molecule has 38 heavy (non-hydrogen) atoms. The Morgan fingerprint density at radius 3 is 2.71 bits per heavy atom. The van der Waals surface area contributed by atoms with Gasteiger partial charge in [0.1, 0.15) is 18.1 Å². The van der Waals surface area contributed by atoms with Crippen molar-refractivity contribution >= 4 is 29.7 Å². The van der Waals surface area contributed by atoms with Crippen molar-refractivity contribution < 1.29 is 23.5 Å². The summed E-state index contributed by atoms with van der Waals surface area (Å²) >= 11 is 0.